The minimum atomic E-state index is -0.853. The molecule has 0 radical (unpaired) electrons. The van der Waals surface area contributed by atoms with Gasteiger partial charge in [-0.05, 0) is 54.7 Å². The van der Waals surface area contributed by atoms with E-state index in [9.17, 15) is 19.2 Å². The van der Waals surface area contributed by atoms with Crippen molar-refractivity contribution < 1.29 is 53.4 Å². The van der Waals surface area contributed by atoms with Crippen LogP contribution in [0.25, 0.3) is 10.8 Å². The zero-order chi connectivity index (χ0) is 27.9. The summed E-state index contributed by atoms with van der Waals surface area (Å²) in [5.74, 6) is -2.82. The van der Waals surface area contributed by atoms with Crippen LogP contribution in [-0.4, -0.2) is 66.1 Å². The number of carbonyl (C=O) groups excluding carboxylic acids is 4. The van der Waals surface area contributed by atoms with E-state index in [2.05, 4.69) is 4.84 Å². The van der Waals surface area contributed by atoms with Crippen molar-refractivity contribution in [3.05, 3.63) is 42.0 Å². The van der Waals surface area contributed by atoms with Crippen molar-refractivity contribution in [3.63, 3.8) is 0 Å². The lowest BCUT2D eigenvalue weighted by Gasteiger charge is -2.13. The molecule has 2 N–H and O–H groups in total. The van der Waals surface area contributed by atoms with Gasteiger partial charge in [0.25, 0.3) is 0 Å². The van der Waals surface area contributed by atoms with Gasteiger partial charge in [0.2, 0.25) is 0 Å². The maximum absolute atomic E-state index is 12.4. The minimum absolute atomic E-state index is 0.120. The van der Waals surface area contributed by atoms with Crippen molar-refractivity contribution in [2.24, 2.45) is 0 Å². The Bertz CT molecular complexity index is 1090. The molecule has 0 spiro atoms. The average molecular weight is 536 g/mol. The molecule has 0 amide bonds. The van der Waals surface area contributed by atoms with Crippen LogP contribution in [0, 0.1) is 0 Å². The van der Waals surface area contributed by atoms with Gasteiger partial charge in [0.05, 0.1) is 24.5 Å². The summed E-state index contributed by atoms with van der Waals surface area (Å²) in [6, 6.07) is 10.5. The molecule has 0 aliphatic rings. The number of nitrogens with zero attached hydrogens (tertiary/aromatic N) is 1. The molecule has 1 atom stereocenters. The van der Waals surface area contributed by atoms with Crippen LogP contribution in [0.5, 0.6) is 5.75 Å². The Hall–Kier alpha value is -3.58. The predicted molar refractivity (Wildman–Crippen MR) is 131 cm³/mol. The highest BCUT2D eigenvalue weighted by molar-refractivity contribution is 5.88. The Labute approximate surface area is 219 Å². The molecule has 1 unspecified atom stereocenters. The lowest BCUT2D eigenvalue weighted by Crippen LogP contribution is -2.23. The monoisotopic (exact) mass is 535 g/mol. The third-order valence-corrected chi connectivity index (χ3v) is 5.30. The number of benzene rings is 2. The maximum Gasteiger partial charge on any atom is 0.344 e. The van der Waals surface area contributed by atoms with Gasteiger partial charge in [0, 0.05) is 6.42 Å². The van der Waals surface area contributed by atoms with Gasteiger partial charge in [-0.1, -0.05) is 37.6 Å². The van der Waals surface area contributed by atoms with Crippen LogP contribution in [0.3, 0.4) is 0 Å². The first-order valence-electron chi connectivity index (χ1n) is 12.2. The van der Waals surface area contributed by atoms with E-state index in [0.717, 1.165) is 10.8 Å². The molecule has 0 fully saturated rings. The topological polar surface area (TPSA) is 158 Å². The van der Waals surface area contributed by atoms with E-state index < -0.39 is 37.0 Å². The van der Waals surface area contributed by atoms with Gasteiger partial charge in [-0.15, -0.1) is 0 Å². The molecule has 0 aliphatic carbocycles. The first kappa shape index (κ1) is 30.6. The standard InChI is InChI=1S/C26H33NO11/c1-3-12-34-24(29)16-35-25(30)17-36-26(31)18(2)19-8-9-21-15-22(11-10-20(21)14-19)38-23(28)7-5-4-6-13-37-27(32)33/h8-11,14-15,18,32-33H,3-7,12-13,16-17H2,1-2H3. The van der Waals surface area contributed by atoms with Gasteiger partial charge < -0.3 is 18.9 Å². The van der Waals surface area contributed by atoms with Gasteiger partial charge in [-0.25, -0.2) is 9.59 Å². The summed E-state index contributed by atoms with van der Waals surface area (Å²) in [5, 5.41) is 18.1. The second-order valence-electron chi connectivity index (χ2n) is 8.35. The molecule has 0 saturated carbocycles. The van der Waals surface area contributed by atoms with Gasteiger partial charge in [0.1, 0.15) is 5.75 Å². The molecular formula is C26H33NO11. The number of hydrogen-bond donors (Lipinski definition) is 2. The van der Waals surface area contributed by atoms with E-state index in [1.54, 1.807) is 43.3 Å². The van der Waals surface area contributed by atoms with Crippen molar-refractivity contribution >= 4 is 34.6 Å². The van der Waals surface area contributed by atoms with Crippen LogP contribution in [0.4, 0.5) is 0 Å². The molecule has 0 saturated heterocycles. The van der Waals surface area contributed by atoms with Crippen molar-refractivity contribution in [2.45, 2.75) is 51.9 Å². The molecule has 2 aromatic rings. The highest BCUT2D eigenvalue weighted by atomic mass is 17.1. The SMILES string of the molecule is CCCOC(=O)COC(=O)COC(=O)C(C)c1ccc2cc(OC(=O)CCCCCON(O)O)ccc2c1. The quantitative estimate of drug-likeness (QED) is 0.106. The first-order chi connectivity index (χ1) is 18.2. The Morgan fingerprint density at radius 2 is 1.50 bits per heavy atom. The fraction of sp³-hybridized carbons (Fsp3) is 0.462. The first-order valence-corrected chi connectivity index (χ1v) is 12.2. The molecule has 38 heavy (non-hydrogen) atoms. The average Bonchev–Trinajstić information content (AvgIpc) is 2.90. The summed E-state index contributed by atoms with van der Waals surface area (Å²) in [6.45, 7) is 2.67. The summed E-state index contributed by atoms with van der Waals surface area (Å²) < 4.78 is 19.9. The zero-order valence-corrected chi connectivity index (χ0v) is 21.4. The molecule has 0 bridgehead atoms. The number of rotatable bonds is 16. The fourth-order valence-corrected chi connectivity index (χ4v) is 3.28. The predicted octanol–water partition coefficient (Wildman–Crippen LogP) is 3.46. The maximum atomic E-state index is 12.4. The van der Waals surface area contributed by atoms with Gasteiger partial charge in [-0.2, -0.15) is 0 Å². The summed E-state index contributed by atoms with van der Waals surface area (Å²) in [7, 11) is 0. The van der Waals surface area contributed by atoms with Gasteiger partial charge in [0.15, 0.2) is 13.2 Å². The van der Waals surface area contributed by atoms with Crippen molar-refractivity contribution in [1.29, 1.82) is 0 Å². The normalized spacial score (nSPS) is 11.7. The molecule has 208 valence electrons. The third-order valence-electron chi connectivity index (χ3n) is 5.30. The van der Waals surface area contributed by atoms with Crippen molar-refractivity contribution in [1.82, 2.24) is 5.39 Å². The van der Waals surface area contributed by atoms with Crippen LogP contribution >= 0.6 is 0 Å². The van der Waals surface area contributed by atoms with Crippen molar-refractivity contribution in [2.75, 3.05) is 26.4 Å². The summed E-state index contributed by atoms with van der Waals surface area (Å²) in [5.41, 5.74) is 0.665. The second-order valence-corrected chi connectivity index (χ2v) is 8.35. The van der Waals surface area contributed by atoms with Crippen LogP contribution in [-0.2, 0) is 38.2 Å². The van der Waals surface area contributed by atoms with E-state index >= 15 is 0 Å². The Morgan fingerprint density at radius 1 is 0.816 bits per heavy atom. The van der Waals surface area contributed by atoms with Gasteiger partial charge >= 0.3 is 23.9 Å². The molecule has 0 heterocycles. The summed E-state index contributed by atoms with van der Waals surface area (Å²) in [6.07, 6.45) is 2.62. The highest BCUT2D eigenvalue weighted by Gasteiger charge is 2.19. The number of carbonyl (C=O) groups is 4. The molecule has 0 aromatic heterocycles. The smallest absolute Gasteiger partial charge is 0.344 e. The van der Waals surface area contributed by atoms with Gasteiger partial charge in [-0.3, -0.25) is 24.8 Å². The number of hydrogen-bond acceptors (Lipinski definition) is 12. The molecule has 12 nitrogen and oxygen atoms in total. The largest absolute Gasteiger partial charge is 0.463 e. The van der Waals surface area contributed by atoms with Crippen LogP contribution < -0.4 is 4.74 Å². The van der Waals surface area contributed by atoms with Crippen LogP contribution in [0.2, 0.25) is 0 Å². The number of ether oxygens (including phenoxy) is 4. The summed E-state index contributed by atoms with van der Waals surface area (Å²) >= 11 is 0. The Kier molecular flexibility index (Phi) is 13.1. The number of unbranched alkanes of at least 4 members (excludes halogenated alkanes) is 2. The fourth-order valence-electron chi connectivity index (χ4n) is 3.28. The van der Waals surface area contributed by atoms with E-state index in [0.29, 0.717) is 37.0 Å². The number of fused-ring (bicyclic) bond motifs is 1. The lowest BCUT2D eigenvalue weighted by molar-refractivity contribution is -0.492. The second kappa shape index (κ2) is 16.3. The summed E-state index contributed by atoms with van der Waals surface area (Å²) in [4.78, 5) is 52.0. The van der Waals surface area contributed by atoms with Crippen LogP contribution in [0.15, 0.2) is 36.4 Å². The molecule has 0 aliphatic heterocycles. The Balaban J connectivity index is 1.81. The van der Waals surface area contributed by atoms with E-state index in [1.807, 2.05) is 6.92 Å². The highest BCUT2D eigenvalue weighted by Crippen LogP contribution is 2.26. The molecule has 2 rings (SSSR count). The minimum Gasteiger partial charge on any atom is -0.463 e. The van der Waals surface area contributed by atoms with Crippen molar-refractivity contribution in [3.8, 4) is 5.75 Å². The zero-order valence-electron chi connectivity index (χ0n) is 21.4. The molecule has 2 aromatic carbocycles. The molecular weight excluding hydrogens is 502 g/mol. The Morgan fingerprint density at radius 3 is 2.24 bits per heavy atom. The van der Waals surface area contributed by atoms with E-state index in [4.69, 9.17) is 29.4 Å². The molecule has 12 heteroatoms. The third kappa shape index (κ3) is 11.2. The van der Waals surface area contributed by atoms with E-state index in [1.165, 1.54) is 0 Å². The number of esters is 4. The van der Waals surface area contributed by atoms with E-state index in [-0.39, 0.29) is 31.0 Å². The van der Waals surface area contributed by atoms with Crippen LogP contribution in [0.1, 0.15) is 57.4 Å². The lowest BCUT2D eigenvalue weighted by atomic mass is 9.98.